The summed E-state index contributed by atoms with van der Waals surface area (Å²) in [4.78, 5) is 0. The van der Waals surface area contributed by atoms with Gasteiger partial charge in [0, 0.05) is 11.9 Å². The van der Waals surface area contributed by atoms with Gasteiger partial charge in [0.1, 0.15) is 5.76 Å². The Morgan fingerprint density at radius 1 is 1.50 bits per heavy atom. The first-order chi connectivity index (χ1) is 6.72. The van der Waals surface area contributed by atoms with Crippen LogP contribution in [-0.4, -0.2) is 6.54 Å². The lowest BCUT2D eigenvalue weighted by Crippen LogP contribution is -2.06. The maximum Gasteiger partial charge on any atom is 0.170 e. The lowest BCUT2D eigenvalue weighted by atomic mass is 10.2. The zero-order valence-corrected chi connectivity index (χ0v) is 8.09. The average Bonchev–Trinajstić information content (AvgIpc) is 2.62. The zero-order valence-electron chi connectivity index (χ0n) is 7.34. The van der Waals surface area contributed by atoms with Crippen LogP contribution < -0.4 is 5.73 Å². The fraction of sp³-hybridized carbons (Fsp3) is 0.200. The molecule has 1 unspecified atom stereocenters. The molecule has 0 fully saturated rings. The number of nitrogens with two attached hydrogens (primary N) is 1. The van der Waals surface area contributed by atoms with Crippen LogP contribution >= 0.6 is 11.6 Å². The summed E-state index contributed by atoms with van der Waals surface area (Å²) in [6, 6.07) is 6.93. The van der Waals surface area contributed by atoms with E-state index in [0.717, 1.165) is 5.39 Å². The molecule has 14 heavy (non-hydrogen) atoms. The SMILES string of the molecule is NCC(F)c1cc2cccc(Cl)c2o1. The van der Waals surface area contributed by atoms with Gasteiger partial charge >= 0.3 is 0 Å². The molecule has 2 N–H and O–H groups in total. The number of alkyl halides is 1. The minimum absolute atomic E-state index is 0.0859. The van der Waals surface area contributed by atoms with Gasteiger partial charge in [-0.05, 0) is 12.1 Å². The Kier molecular flexibility index (Phi) is 2.44. The van der Waals surface area contributed by atoms with E-state index in [1.807, 2.05) is 6.07 Å². The van der Waals surface area contributed by atoms with E-state index in [2.05, 4.69) is 0 Å². The van der Waals surface area contributed by atoms with Gasteiger partial charge in [-0.25, -0.2) is 4.39 Å². The average molecular weight is 214 g/mol. The minimum atomic E-state index is -1.27. The molecule has 0 spiro atoms. The van der Waals surface area contributed by atoms with Gasteiger partial charge in [-0.3, -0.25) is 0 Å². The first-order valence-electron chi connectivity index (χ1n) is 4.24. The smallest absolute Gasteiger partial charge is 0.170 e. The predicted octanol–water partition coefficient (Wildman–Crippen LogP) is 3.06. The molecule has 0 aliphatic rings. The van der Waals surface area contributed by atoms with E-state index in [0.29, 0.717) is 10.6 Å². The molecule has 0 saturated heterocycles. The van der Waals surface area contributed by atoms with E-state index in [9.17, 15) is 4.39 Å². The van der Waals surface area contributed by atoms with E-state index < -0.39 is 6.17 Å². The Bertz CT molecular complexity index is 454. The van der Waals surface area contributed by atoms with E-state index in [1.165, 1.54) is 0 Å². The summed E-state index contributed by atoms with van der Waals surface area (Å²) in [6.45, 7) is -0.0859. The number of rotatable bonds is 2. The first-order valence-corrected chi connectivity index (χ1v) is 4.62. The molecule has 0 saturated carbocycles. The molecule has 1 aromatic carbocycles. The molecular weight excluding hydrogens is 205 g/mol. The Hall–Kier alpha value is -1.06. The minimum Gasteiger partial charge on any atom is -0.456 e. The molecule has 74 valence electrons. The highest BCUT2D eigenvalue weighted by atomic mass is 35.5. The molecule has 0 aliphatic carbocycles. The van der Waals surface area contributed by atoms with Gasteiger partial charge in [0.05, 0.1) is 5.02 Å². The topological polar surface area (TPSA) is 39.2 Å². The number of benzene rings is 1. The Labute approximate surface area is 85.4 Å². The highest BCUT2D eigenvalue weighted by Gasteiger charge is 2.14. The predicted molar refractivity (Wildman–Crippen MR) is 54.1 cm³/mol. The molecule has 0 bridgehead atoms. The van der Waals surface area contributed by atoms with Crippen molar-refractivity contribution in [3.8, 4) is 0 Å². The number of halogens is 2. The summed E-state index contributed by atoms with van der Waals surface area (Å²) in [6.07, 6.45) is -1.27. The third kappa shape index (κ3) is 1.49. The van der Waals surface area contributed by atoms with Crippen molar-refractivity contribution < 1.29 is 8.81 Å². The van der Waals surface area contributed by atoms with E-state index in [1.54, 1.807) is 18.2 Å². The molecule has 0 amide bonds. The van der Waals surface area contributed by atoms with E-state index in [-0.39, 0.29) is 12.3 Å². The highest BCUT2D eigenvalue weighted by molar-refractivity contribution is 6.34. The molecule has 0 aliphatic heterocycles. The summed E-state index contributed by atoms with van der Waals surface area (Å²) in [5.74, 6) is 0.232. The van der Waals surface area contributed by atoms with Crippen LogP contribution in [0.25, 0.3) is 11.0 Å². The molecule has 1 atom stereocenters. The van der Waals surface area contributed by atoms with E-state index in [4.69, 9.17) is 21.8 Å². The second-order valence-corrected chi connectivity index (χ2v) is 3.42. The normalized spacial score (nSPS) is 13.4. The summed E-state index contributed by atoms with van der Waals surface area (Å²) >= 11 is 5.87. The summed E-state index contributed by atoms with van der Waals surface area (Å²) in [5, 5.41) is 1.28. The molecule has 2 rings (SSSR count). The fourth-order valence-electron chi connectivity index (χ4n) is 1.32. The first kappa shape index (κ1) is 9.49. The zero-order chi connectivity index (χ0) is 10.1. The molecule has 0 radical (unpaired) electrons. The third-order valence-electron chi connectivity index (χ3n) is 2.03. The molecule has 1 aromatic heterocycles. The third-order valence-corrected chi connectivity index (χ3v) is 2.33. The number of furan rings is 1. The van der Waals surface area contributed by atoms with Gasteiger partial charge in [0.15, 0.2) is 11.8 Å². The van der Waals surface area contributed by atoms with Gasteiger partial charge < -0.3 is 10.2 Å². The largest absolute Gasteiger partial charge is 0.456 e. The van der Waals surface area contributed by atoms with Crippen molar-refractivity contribution in [1.29, 1.82) is 0 Å². The van der Waals surface area contributed by atoms with Crippen molar-refractivity contribution in [3.05, 3.63) is 35.0 Å². The van der Waals surface area contributed by atoms with Crippen LogP contribution in [-0.2, 0) is 0 Å². The van der Waals surface area contributed by atoms with Gasteiger partial charge in [-0.15, -0.1) is 0 Å². The van der Waals surface area contributed by atoms with Crippen LogP contribution in [0.3, 0.4) is 0 Å². The summed E-state index contributed by atoms with van der Waals surface area (Å²) < 4.78 is 18.4. The second kappa shape index (κ2) is 3.59. The molecule has 1 heterocycles. The van der Waals surface area contributed by atoms with Crippen molar-refractivity contribution in [2.75, 3.05) is 6.54 Å². The molecular formula is C10H9ClFNO. The highest BCUT2D eigenvalue weighted by Crippen LogP contribution is 2.30. The molecule has 2 aromatic rings. The van der Waals surface area contributed by atoms with Crippen LogP contribution in [0.5, 0.6) is 0 Å². The van der Waals surface area contributed by atoms with Gasteiger partial charge in [-0.1, -0.05) is 23.7 Å². The van der Waals surface area contributed by atoms with Crippen molar-refractivity contribution >= 4 is 22.6 Å². The number of hydrogen-bond acceptors (Lipinski definition) is 2. The van der Waals surface area contributed by atoms with Crippen molar-refractivity contribution in [3.63, 3.8) is 0 Å². The van der Waals surface area contributed by atoms with Crippen molar-refractivity contribution in [2.24, 2.45) is 5.73 Å². The Morgan fingerprint density at radius 2 is 2.29 bits per heavy atom. The lowest BCUT2D eigenvalue weighted by Gasteiger charge is -1.98. The number of fused-ring (bicyclic) bond motifs is 1. The quantitative estimate of drug-likeness (QED) is 0.833. The fourth-order valence-corrected chi connectivity index (χ4v) is 1.54. The van der Waals surface area contributed by atoms with Crippen LogP contribution in [0.2, 0.25) is 5.02 Å². The number of para-hydroxylation sites is 1. The van der Waals surface area contributed by atoms with Crippen LogP contribution in [0.1, 0.15) is 11.9 Å². The lowest BCUT2D eigenvalue weighted by molar-refractivity contribution is 0.301. The number of hydrogen-bond donors (Lipinski definition) is 1. The Balaban J connectivity index is 2.56. The standard InChI is InChI=1S/C10H9ClFNO/c11-7-3-1-2-6-4-9(8(12)5-13)14-10(6)7/h1-4,8H,5,13H2. The molecule has 4 heteroatoms. The second-order valence-electron chi connectivity index (χ2n) is 3.01. The molecule has 2 nitrogen and oxygen atoms in total. The maximum absolute atomic E-state index is 13.2. The van der Waals surface area contributed by atoms with Crippen LogP contribution in [0, 0.1) is 0 Å². The van der Waals surface area contributed by atoms with E-state index >= 15 is 0 Å². The van der Waals surface area contributed by atoms with Gasteiger partial charge in [0.2, 0.25) is 0 Å². The van der Waals surface area contributed by atoms with Crippen LogP contribution in [0.4, 0.5) is 4.39 Å². The Morgan fingerprint density at radius 3 is 2.93 bits per heavy atom. The van der Waals surface area contributed by atoms with Gasteiger partial charge in [0.25, 0.3) is 0 Å². The summed E-state index contributed by atoms with van der Waals surface area (Å²) in [5.41, 5.74) is 5.71. The maximum atomic E-state index is 13.2. The van der Waals surface area contributed by atoms with Gasteiger partial charge in [-0.2, -0.15) is 0 Å². The van der Waals surface area contributed by atoms with Crippen molar-refractivity contribution in [1.82, 2.24) is 0 Å². The summed E-state index contributed by atoms with van der Waals surface area (Å²) in [7, 11) is 0. The van der Waals surface area contributed by atoms with Crippen LogP contribution in [0.15, 0.2) is 28.7 Å². The van der Waals surface area contributed by atoms with Crippen molar-refractivity contribution in [2.45, 2.75) is 6.17 Å². The monoisotopic (exact) mass is 213 g/mol.